The Morgan fingerprint density at radius 2 is 2.00 bits per heavy atom. The molecule has 0 radical (unpaired) electrons. The molecule has 0 aliphatic carbocycles. The van der Waals surface area contributed by atoms with Gasteiger partial charge in [-0.1, -0.05) is 25.7 Å². The standard InChI is InChI=1S/C14H20N4Si/c1-10-12(2)13(8-15)6-11(7-19(3,4)5)14(9-16,17-10)18(12)13/h11H,6-7H2,1-5H3/t11-,12?,13?,14+,18?/m1/s1. The number of aliphatic imine (C=N–C) groups is 1. The van der Waals surface area contributed by atoms with Crippen LogP contribution in [0.4, 0.5) is 0 Å². The summed E-state index contributed by atoms with van der Waals surface area (Å²) >= 11 is 0. The summed E-state index contributed by atoms with van der Waals surface area (Å²) in [7, 11) is -1.28. The molecule has 2 saturated heterocycles. The van der Waals surface area contributed by atoms with Crippen LogP contribution in [-0.4, -0.2) is 35.4 Å². The van der Waals surface area contributed by atoms with E-state index in [1.165, 1.54) is 0 Å². The Morgan fingerprint density at radius 1 is 1.37 bits per heavy atom. The molecule has 0 spiro atoms. The van der Waals surface area contributed by atoms with E-state index in [1.807, 2.05) is 6.92 Å². The molecule has 5 atom stereocenters. The zero-order chi connectivity index (χ0) is 14.3. The third kappa shape index (κ3) is 1.15. The number of nitrogens with zero attached hydrogens (tertiary/aromatic N) is 4. The minimum absolute atomic E-state index is 0.217. The van der Waals surface area contributed by atoms with Crippen LogP contribution >= 0.6 is 0 Å². The molecule has 3 rings (SSSR count). The Labute approximate surface area is 115 Å². The SMILES string of the molecule is CC1=N[C@]2(C#N)[C@@H](C[Si](C)(C)C)CC3(C#N)N2C13C. The predicted octanol–water partition coefficient (Wildman–Crippen LogP) is 2.38. The molecule has 0 aromatic carbocycles. The van der Waals surface area contributed by atoms with Crippen molar-refractivity contribution in [3.05, 3.63) is 0 Å². The average molecular weight is 272 g/mol. The Balaban J connectivity index is 2.08. The first-order valence-electron chi connectivity index (χ1n) is 6.88. The summed E-state index contributed by atoms with van der Waals surface area (Å²) < 4.78 is 0. The molecule has 0 amide bonds. The van der Waals surface area contributed by atoms with Gasteiger partial charge in [0.25, 0.3) is 0 Å². The van der Waals surface area contributed by atoms with E-state index in [1.54, 1.807) is 0 Å². The fourth-order valence-electron chi connectivity index (χ4n) is 4.42. The first-order chi connectivity index (χ1) is 8.68. The number of hydrogen-bond acceptors (Lipinski definition) is 4. The Kier molecular flexibility index (Phi) is 2.10. The lowest BCUT2D eigenvalue weighted by Crippen LogP contribution is -2.42. The van der Waals surface area contributed by atoms with Crippen LogP contribution in [0.1, 0.15) is 20.3 Å². The highest BCUT2D eigenvalue weighted by molar-refractivity contribution is 6.76. The van der Waals surface area contributed by atoms with Crippen LogP contribution in [0.2, 0.25) is 25.7 Å². The number of hydrogen-bond donors (Lipinski definition) is 0. The average Bonchev–Trinajstić information content (AvgIpc) is 2.62. The van der Waals surface area contributed by atoms with Gasteiger partial charge in [-0.15, -0.1) is 0 Å². The molecule has 3 heterocycles. The molecule has 3 aliphatic heterocycles. The summed E-state index contributed by atoms with van der Waals surface area (Å²) in [4.78, 5) is 6.80. The quantitative estimate of drug-likeness (QED) is 0.572. The second-order valence-electron chi connectivity index (χ2n) is 7.58. The fourth-order valence-corrected chi connectivity index (χ4v) is 6.33. The summed E-state index contributed by atoms with van der Waals surface area (Å²) in [6, 6.07) is 6.02. The van der Waals surface area contributed by atoms with Gasteiger partial charge in [0.1, 0.15) is 11.6 Å². The van der Waals surface area contributed by atoms with Crippen LogP contribution in [0.5, 0.6) is 0 Å². The molecule has 5 heteroatoms. The van der Waals surface area contributed by atoms with Gasteiger partial charge in [0.05, 0.1) is 11.6 Å². The maximum absolute atomic E-state index is 9.76. The number of piperidine rings is 1. The van der Waals surface area contributed by atoms with Gasteiger partial charge in [-0.3, -0.25) is 4.99 Å². The summed E-state index contributed by atoms with van der Waals surface area (Å²) in [5.74, 6) is 0.217. The molecule has 0 aromatic rings. The van der Waals surface area contributed by atoms with Crippen LogP contribution in [0.25, 0.3) is 0 Å². The molecule has 0 bridgehead atoms. The molecular formula is C14H20N4Si. The maximum Gasteiger partial charge on any atom is 0.205 e. The van der Waals surface area contributed by atoms with Gasteiger partial charge < -0.3 is 0 Å². The molecule has 100 valence electrons. The molecule has 0 N–H and O–H groups in total. The van der Waals surface area contributed by atoms with Gasteiger partial charge in [-0.05, 0) is 20.3 Å². The van der Waals surface area contributed by atoms with Crippen LogP contribution in [0.3, 0.4) is 0 Å². The highest BCUT2D eigenvalue weighted by atomic mass is 28.3. The van der Waals surface area contributed by atoms with E-state index in [2.05, 4.69) is 43.6 Å². The smallest absolute Gasteiger partial charge is 0.205 e. The van der Waals surface area contributed by atoms with Crippen molar-refractivity contribution in [2.45, 2.75) is 62.7 Å². The number of nitriles is 2. The van der Waals surface area contributed by atoms with Gasteiger partial charge in [-0.2, -0.15) is 10.5 Å². The van der Waals surface area contributed by atoms with Gasteiger partial charge in [0, 0.05) is 19.7 Å². The van der Waals surface area contributed by atoms with Gasteiger partial charge in [-0.25, -0.2) is 4.90 Å². The lowest BCUT2D eigenvalue weighted by Gasteiger charge is -2.30. The molecule has 0 aromatic heterocycles. The van der Waals surface area contributed by atoms with E-state index in [0.717, 1.165) is 18.2 Å². The molecule has 4 nitrogen and oxygen atoms in total. The fraction of sp³-hybridized carbons (Fsp3) is 0.786. The minimum Gasteiger partial charge on any atom is -0.255 e. The maximum atomic E-state index is 9.76. The monoisotopic (exact) mass is 272 g/mol. The van der Waals surface area contributed by atoms with Crippen molar-refractivity contribution in [2.24, 2.45) is 10.9 Å². The minimum atomic E-state index is -1.28. The number of fused-ring (bicyclic) bond motifs is 1. The van der Waals surface area contributed by atoms with Gasteiger partial charge in [0.2, 0.25) is 5.66 Å². The van der Waals surface area contributed by atoms with Gasteiger partial charge >= 0.3 is 0 Å². The summed E-state index contributed by atoms with van der Waals surface area (Å²) in [5, 5.41) is 19.4. The van der Waals surface area contributed by atoms with Crippen LogP contribution in [-0.2, 0) is 0 Å². The Morgan fingerprint density at radius 3 is 2.47 bits per heavy atom. The topological polar surface area (TPSA) is 62.9 Å². The summed E-state index contributed by atoms with van der Waals surface area (Å²) in [6.45, 7) is 11.0. The molecular weight excluding hydrogens is 252 g/mol. The van der Waals surface area contributed by atoms with E-state index in [9.17, 15) is 10.5 Å². The molecule has 19 heavy (non-hydrogen) atoms. The van der Waals surface area contributed by atoms with Crippen LogP contribution in [0, 0.1) is 28.6 Å². The van der Waals surface area contributed by atoms with Crippen molar-refractivity contribution in [1.29, 1.82) is 10.5 Å². The van der Waals surface area contributed by atoms with E-state index in [4.69, 9.17) is 4.99 Å². The van der Waals surface area contributed by atoms with E-state index in [0.29, 0.717) is 0 Å². The van der Waals surface area contributed by atoms with Crippen molar-refractivity contribution in [3.63, 3.8) is 0 Å². The summed E-state index contributed by atoms with van der Waals surface area (Å²) in [5.41, 5.74) is -0.532. The van der Waals surface area contributed by atoms with Crippen molar-refractivity contribution in [1.82, 2.24) is 4.90 Å². The van der Waals surface area contributed by atoms with Gasteiger partial charge in [0.15, 0.2) is 0 Å². The highest BCUT2D eigenvalue weighted by Gasteiger charge is 2.89. The third-order valence-corrected chi connectivity index (χ3v) is 7.00. The van der Waals surface area contributed by atoms with Crippen molar-refractivity contribution >= 4 is 13.8 Å². The van der Waals surface area contributed by atoms with Crippen LogP contribution in [0.15, 0.2) is 4.99 Å². The normalized spacial score (nSPS) is 50.2. The molecule has 2 fully saturated rings. The predicted molar refractivity (Wildman–Crippen MR) is 76.3 cm³/mol. The third-order valence-electron chi connectivity index (χ3n) is 5.29. The number of rotatable bonds is 2. The summed E-state index contributed by atoms with van der Waals surface area (Å²) in [6.07, 6.45) is 0.804. The lowest BCUT2D eigenvalue weighted by molar-refractivity contribution is 0.258. The van der Waals surface area contributed by atoms with Crippen molar-refractivity contribution in [3.8, 4) is 12.1 Å². The van der Waals surface area contributed by atoms with Crippen molar-refractivity contribution in [2.75, 3.05) is 0 Å². The second-order valence-corrected chi connectivity index (χ2v) is 13.1. The first kappa shape index (κ1) is 12.8. The zero-order valence-corrected chi connectivity index (χ0v) is 13.3. The molecule has 3 aliphatic rings. The van der Waals surface area contributed by atoms with Crippen LogP contribution < -0.4 is 0 Å². The van der Waals surface area contributed by atoms with E-state index < -0.39 is 19.3 Å². The van der Waals surface area contributed by atoms with Crippen molar-refractivity contribution < 1.29 is 0 Å². The Hall–Kier alpha value is -1.17. The van der Waals surface area contributed by atoms with E-state index in [-0.39, 0.29) is 11.5 Å². The molecule has 0 saturated carbocycles. The highest BCUT2D eigenvalue weighted by Crippen LogP contribution is 2.71. The zero-order valence-electron chi connectivity index (χ0n) is 12.3. The Bertz CT molecular complexity index is 578. The molecule has 3 unspecified atom stereocenters. The largest absolute Gasteiger partial charge is 0.255 e. The first-order valence-corrected chi connectivity index (χ1v) is 10.6. The van der Waals surface area contributed by atoms with E-state index >= 15 is 0 Å². The second kappa shape index (κ2) is 3.11. The lowest BCUT2D eigenvalue weighted by atomic mass is 9.83.